The van der Waals surface area contributed by atoms with Crippen LogP contribution < -0.4 is 0 Å². The molecule has 0 spiro atoms. The van der Waals surface area contributed by atoms with Gasteiger partial charge in [-0.3, -0.25) is 4.79 Å². The van der Waals surface area contributed by atoms with Gasteiger partial charge in [0.05, 0.1) is 15.9 Å². The number of fused-ring (bicyclic) bond motifs is 1. The molecule has 0 N–H and O–H groups in total. The quantitative estimate of drug-likeness (QED) is 0.616. The van der Waals surface area contributed by atoms with E-state index in [1.54, 1.807) is 11.3 Å². The smallest absolute Gasteiger partial charge is 0.166 e. The van der Waals surface area contributed by atoms with Crippen molar-refractivity contribution in [2.45, 2.75) is 6.92 Å². The highest BCUT2D eigenvalue weighted by Gasteiger charge is 2.06. The fourth-order valence-electron chi connectivity index (χ4n) is 1.37. The van der Waals surface area contributed by atoms with Gasteiger partial charge in [-0.2, -0.15) is 0 Å². The zero-order valence-electron chi connectivity index (χ0n) is 7.00. The summed E-state index contributed by atoms with van der Waals surface area (Å²) in [6.45, 7) is 2.07. The lowest BCUT2D eigenvalue weighted by atomic mass is 10.4. The summed E-state index contributed by atoms with van der Waals surface area (Å²) >= 11 is 1.72. The van der Waals surface area contributed by atoms with Gasteiger partial charge in [-0.15, -0.1) is 11.3 Å². The molecule has 0 unspecified atom stereocenters. The average molecular weight is 179 g/mol. The van der Waals surface area contributed by atoms with Crippen molar-refractivity contribution in [1.82, 2.24) is 4.57 Å². The van der Waals surface area contributed by atoms with Crippen molar-refractivity contribution < 1.29 is 4.79 Å². The van der Waals surface area contributed by atoms with Crippen LogP contribution in [0.4, 0.5) is 0 Å². The number of carbonyl (C=O) groups excluding carboxylic acids is 1. The molecule has 2 rings (SSSR count). The summed E-state index contributed by atoms with van der Waals surface area (Å²) in [5, 5.41) is 0. The van der Waals surface area contributed by atoms with Crippen LogP contribution in [0.3, 0.4) is 0 Å². The minimum Gasteiger partial charge on any atom is -0.341 e. The number of aromatic nitrogens is 1. The number of nitrogens with zero attached hydrogens (tertiary/aromatic N) is 1. The fourth-order valence-corrected chi connectivity index (χ4v) is 2.37. The predicted molar refractivity (Wildman–Crippen MR) is 50.9 cm³/mol. The second-order valence-corrected chi connectivity index (χ2v) is 4.14. The van der Waals surface area contributed by atoms with Gasteiger partial charge in [0.2, 0.25) is 0 Å². The number of rotatable bonds is 1. The molecular formula is C9H9NOS. The Bertz CT molecular complexity index is 438. The Morgan fingerprint density at radius 1 is 1.50 bits per heavy atom. The molecule has 2 nitrogen and oxygen atoms in total. The maximum atomic E-state index is 10.6. The van der Waals surface area contributed by atoms with Crippen LogP contribution in [0.5, 0.6) is 0 Å². The summed E-state index contributed by atoms with van der Waals surface area (Å²) in [4.78, 5) is 11.8. The maximum absolute atomic E-state index is 10.6. The lowest BCUT2D eigenvalue weighted by molar-refractivity contribution is 0.111. The number of thiophene rings is 1. The van der Waals surface area contributed by atoms with E-state index in [0.717, 1.165) is 17.5 Å². The zero-order chi connectivity index (χ0) is 8.72. The summed E-state index contributed by atoms with van der Waals surface area (Å²) < 4.78 is 3.11. The monoisotopic (exact) mass is 179 g/mol. The highest BCUT2D eigenvalue weighted by Crippen LogP contribution is 2.26. The number of aldehydes is 1. The third-order valence-corrected chi connectivity index (χ3v) is 3.00. The third kappa shape index (κ3) is 0.898. The van der Waals surface area contributed by atoms with Crippen LogP contribution in [0.1, 0.15) is 15.4 Å². The van der Waals surface area contributed by atoms with E-state index >= 15 is 0 Å². The number of hydrogen-bond acceptors (Lipinski definition) is 2. The number of hydrogen-bond donors (Lipinski definition) is 0. The van der Waals surface area contributed by atoms with Gasteiger partial charge in [0.15, 0.2) is 6.29 Å². The molecule has 0 radical (unpaired) electrons. The molecule has 0 amide bonds. The summed E-state index contributed by atoms with van der Waals surface area (Å²) in [5.41, 5.74) is 1.90. The van der Waals surface area contributed by atoms with Crippen molar-refractivity contribution in [3.63, 3.8) is 0 Å². The van der Waals surface area contributed by atoms with Crippen molar-refractivity contribution in [1.29, 1.82) is 0 Å². The third-order valence-electron chi connectivity index (χ3n) is 2.01. The largest absolute Gasteiger partial charge is 0.341 e. The molecule has 2 heterocycles. The SMILES string of the molecule is Cc1cc2c(cc(C=O)n2C)s1. The highest BCUT2D eigenvalue weighted by atomic mass is 32.1. The molecule has 62 valence electrons. The Kier molecular flexibility index (Phi) is 1.54. The summed E-state index contributed by atoms with van der Waals surface area (Å²) in [7, 11) is 1.91. The van der Waals surface area contributed by atoms with Crippen molar-refractivity contribution in [2.24, 2.45) is 7.05 Å². The van der Waals surface area contributed by atoms with E-state index in [-0.39, 0.29) is 0 Å². The van der Waals surface area contributed by atoms with Gasteiger partial charge in [-0.1, -0.05) is 0 Å². The standard InChI is InChI=1S/C9H9NOS/c1-6-3-8-9(12-6)4-7(5-11)10(8)2/h3-5H,1-2H3. The van der Waals surface area contributed by atoms with E-state index in [0.29, 0.717) is 0 Å². The van der Waals surface area contributed by atoms with Crippen LogP contribution in [0.15, 0.2) is 12.1 Å². The first-order valence-corrected chi connectivity index (χ1v) is 4.55. The van der Waals surface area contributed by atoms with E-state index < -0.39 is 0 Å². The van der Waals surface area contributed by atoms with Crippen molar-refractivity contribution in [2.75, 3.05) is 0 Å². The van der Waals surface area contributed by atoms with E-state index in [9.17, 15) is 4.79 Å². The minimum absolute atomic E-state index is 0.747. The van der Waals surface area contributed by atoms with Crippen LogP contribution in [-0.4, -0.2) is 10.9 Å². The number of carbonyl (C=O) groups is 1. The first kappa shape index (κ1) is 7.55. The van der Waals surface area contributed by atoms with E-state index in [1.165, 1.54) is 9.58 Å². The minimum atomic E-state index is 0.747. The Hall–Kier alpha value is -1.09. The lowest BCUT2D eigenvalue weighted by Gasteiger charge is -1.93. The molecule has 2 aromatic heterocycles. The molecule has 0 fully saturated rings. The molecule has 0 saturated heterocycles. The van der Waals surface area contributed by atoms with Gasteiger partial charge in [-0.25, -0.2) is 0 Å². The zero-order valence-corrected chi connectivity index (χ0v) is 7.81. The Labute approximate surface area is 74.4 Å². The fraction of sp³-hybridized carbons (Fsp3) is 0.222. The van der Waals surface area contributed by atoms with Crippen LogP contribution in [0, 0.1) is 6.92 Å². The van der Waals surface area contributed by atoms with E-state index in [1.807, 2.05) is 17.7 Å². The Balaban J connectivity index is 2.82. The molecule has 0 aliphatic heterocycles. The summed E-state index contributed by atoms with van der Waals surface area (Å²) in [6, 6.07) is 4.03. The molecule has 0 saturated carbocycles. The van der Waals surface area contributed by atoms with E-state index in [2.05, 4.69) is 13.0 Å². The van der Waals surface area contributed by atoms with Gasteiger partial charge in [0.25, 0.3) is 0 Å². The molecule has 12 heavy (non-hydrogen) atoms. The van der Waals surface area contributed by atoms with Gasteiger partial charge < -0.3 is 4.57 Å². The van der Waals surface area contributed by atoms with Gasteiger partial charge in [0, 0.05) is 11.9 Å². The second kappa shape index (κ2) is 2.45. The topological polar surface area (TPSA) is 22.0 Å². The molecular weight excluding hydrogens is 170 g/mol. The molecule has 0 aromatic carbocycles. The van der Waals surface area contributed by atoms with Gasteiger partial charge >= 0.3 is 0 Å². The molecule has 0 atom stereocenters. The summed E-state index contributed by atoms with van der Waals surface area (Å²) in [5.74, 6) is 0. The van der Waals surface area contributed by atoms with Crippen molar-refractivity contribution in [3.05, 3.63) is 22.7 Å². The van der Waals surface area contributed by atoms with Gasteiger partial charge in [-0.05, 0) is 19.1 Å². The normalized spacial score (nSPS) is 10.8. The second-order valence-electron chi connectivity index (χ2n) is 2.85. The first-order chi connectivity index (χ1) is 5.72. The average Bonchev–Trinajstić information content (AvgIpc) is 2.51. The van der Waals surface area contributed by atoms with Crippen LogP contribution in [0.25, 0.3) is 10.2 Å². The molecule has 0 aliphatic rings. The van der Waals surface area contributed by atoms with Gasteiger partial charge in [0.1, 0.15) is 0 Å². The number of aryl methyl sites for hydroxylation is 2. The van der Waals surface area contributed by atoms with Crippen LogP contribution >= 0.6 is 11.3 Å². The predicted octanol–water partition coefficient (Wildman–Crippen LogP) is 2.36. The first-order valence-electron chi connectivity index (χ1n) is 3.73. The van der Waals surface area contributed by atoms with Crippen molar-refractivity contribution in [3.8, 4) is 0 Å². The molecule has 0 aliphatic carbocycles. The molecule has 2 aromatic rings. The Morgan fingerprint density at radius 2 is 2.25 bits per heavy atom. The summed E-state index contributed by atoms with van der Waals surface area (Å²) in [6.07, 6.45) is 0.891. The maximum Gasteiger partial charge on any atom is 0.166 e. The Morgan fingerprint density at radius 3 is 2.83 bits per heavy atom. The van der Waals surface area contributed by atoms with E-state index in [4.69, 9.17) is 0 Å². The van der Waals surface area contributed by atoms with Crippen LogP contribution in [-0.2, 0) is 7.05 Å². The molecule has 3 heteroatoms. The lowest BCUT2D eigenvalue weighted by Crippen LogP contribution is -1.92. The van der Waals surface area contributed by atoms with Crippen molar-refractivity contribution >= 4 is 27.8 Å². The van der Waals surface area contributed by atoms with Crippen LogP contribution in [0.2, 0.25) is 0 Å². The molecule has 0 bridgehead atoms. The highest BCUT2D eigenvalue weighted by molar-refractivity contribution is 7.19.